The van der Waals surface area contributed by atoms with Crippen LogP contribution in [0.15, 0.2) is 18.7 Å². The van der Waals surface area contributed by atoms with E-state index in [-0.39, 0.29) is 11.6 Å². The van der Waals surface area contributed by atoms with Crippen molar-refractivity contribution in [2.45, 2.75) is 44.2 Å². The zero-order valence-corrected chi connectivity index (χ0v) is 9.72. The van der Waals surface area contributed by atoms with Gasteiger partial charge in [-0.15, -0.1) is 0 Å². The predicted octanol–water partition coefficient (Wildman–Crippen LogP) is 1.83. The van der Waals surface area contributed by atoms with Crippen molar-refractivity contribution in [1.82, 2.24) is 9.97 Å². The Bertz CT molecular complexity index is 322. The molecule has 1 aromatic rings. The van der Waals surface area contributed by atoms with E-state index in [0.717, 1.165) is 18.4 Å². The summed E-state index contributed by atoms with van der Waals surface area (Å²) in [6.45, 7) is 2.73. The van der Waals surface area contributed by atoms with Crippen molar-refractivity contribution in [3.8, 4) is 0 Å². The Hall–Kier alpha value is -1.00. The number of hydrogen-bond donors (Lipinski definition) is 1. The van der Waals surface area contributed by atoms with Crippen LogP contribution >= 0.6 is 0 Å². The zero-order valence-electron chi connectivity index (χ0n) is 9.72. The molecule has 0 aliphatic heterocycles. The van der Waals surface area contributed by atoms with Gasteiger partial charge in [0.2, 0.25) is 0 Å². The van der Waals surface area contributed by atoms with Crippen LogP contribution in [0.25, 0.3) is 0 Å². The molecule has 1 aliphatic rings. The van der Waals surface area contributed by atoms with Crippen LogP contribution in [0.5, 0.6) is 0 Å². The second kappa shape index (κ2) is 4.89. The van der Waals surface area contributed by atoms with Gasteiger partial charge in [0.1, 0.15) is 6.33 Å². The van der Waals surface area contributed by atoms with Crippen LogP contribution < -0.4 is 5.73 Å². The van der Waals surface area contributed by atoms with E-state index < -0.39 is 0 Å². The summed E-state index contributed by atoms with van der Waals surface area (Å²) in [5, 5.41) is 0. The maximum Gasteiger partial charge on any atom is 0.115 e. The SMILES string of the molecule is CCOC1(C(N)c2cncnc2)CCCC1. The third kappa shape index (κ3) is 2.08. The van der Waals surface area contributed by atoms with Gasteiger partial charge in [0.25, 0.3) is 0 Å². The molecule has 1 aliphatic carbocycles. The molecule has 1 heterocycles. The maximum atomic E-state index is 6.32. The topological polar surface area (TPSA) is 61.0 Å². The number of nitrogens with two attached hydrogens (primary N) is 1. The highest BCUT2D eigenvalue weighted by molar-refractivity contribution is 5.15. The summed E-state index contributed by atoms with van der Waals surface area (Å²) in [4.78, 5) is 8.04. The Morgan fingerprint density at radius 2 is 2.00 bits per heavy atom. The Morgan fingerprint density at radius 1 is 1.38 bits per heavy atom. The minimum atomic E-state index is -0.195. The molecule has 4 nitrogen and oxygen atoms in total. The molecule has 1 aromatic heterocycles. The Balaban J connectivity index is 2.20. The van der Waals surface area contributed by atoms with Gasteiger partial charge in [0.15, 0.2) is 0 Å². The second-order valence-corrected chi connectivity index (χ2v) is 4.35. The Kier molecular flexibility index (Phi) is 3.51. The first kappa shape index (κ1) is 11.5. The standard InChI is InChI=1S/C12H19N3O/c1-2-16-12(5-3-4-6-12)11(13)10-7-14-9-15-8-10/h7-9,11H,2-6,13H2,1H3. The van der Waals surface area contributed by atoms with E-state index in [4.69, 9.17) is 10.5 Å². The molecule has 88 valence electrons. The van der Waals surface area contributed by atoms with Crippen LogP contribution in [0.3, 0.4) is 0 Å². The molecular formula is C12H19N3O. The Morgan fingerprint density at radius 3 is 2.56 bits per heavy atom. The summed E-state index contributed by atoms with van der Waals surface area (Å²) in [5.74, 6) is 0. The van der Waals surface area contributed by atoms with E-state index in [1.165, 1.54) is 19.2 Å². The summed E-state index contributed by atoms with van der Waals surface area (Å²) in [5.41, 5.74) is 7.09. The summed E-state index contributed by atoms with van der Waals surface area (Å²) in [6, 6.07) is -0.115. The average Bonchev–Trinajstić information content (AvgIpc) is 2.80. The van der Waals surface area contributed by atoms with E-state index in [2.05, 4.69) is 9.97 Å². The van der Waals surface area contributed by atoms with Crippen LogP contribution in [0.1, 0.15) is 44.2 Å². The largest absolute Gasteiger partial charge is 0.373 e. The molecule has 2 N–H and O–H groups in total. The number of ether oxygens (including phenoxy) is 1. The van der Waals surface area contributed by atoms with Gasteiger partial charge < -0.3 is 10.5 Å². The average molecular weight is 221 g/mol. The lowest BCUT2D eigenvalue weighted by molar-refractivity contribution is -0.0537. The summed E-state index contributed by atoms with van der Waals surface area (Å²) < 4.78 is 5.93. The lowest BCUT2D eigenvalue weighted by Crippen LogP contribution is -2.41. The molecule has 0 spiro atoms. The quantitative estimate of drug-likeness (QED) is 0.842. The fourth-order valence-corrected chi connectivity index (χ4v) is 2.58. The van der Waals surface area contributed by atoms with Crippen molar-refractivity contribution < 1.29 is 4.74 Å². The molecule has 1 saturated carbocycles. The molecular weight excluding hydrogens is 202 g/mol. The molecule has 4 heteroatoms. The van der Waals surface area contributed by atoms with Crippen LogP contribution in [0.2, 0.25) is 0 Å². The number of aromatic nitrogens is 2. The van der Waals surface area contributed by atoms with E-state index in [1.807, 2.05) is 6.92 Å². The number of rotatable bonds is 4. The first-order valence-corrected chi connectivity index (χ1v) is 5.93. The molecule has 1 atom stereocenters. The third-order valence-corrected chi connectivity index (χ3v) is 3.39. The summed E-state index contributed by atoms with van der Waals surface area (Å²) in [7, 11) is 0. The fourth-order valence-electron chi connectivity index (χ4n) is 2.58. The van der Waals surface area contributed by atoms with Crippen LogP contribution in [-0.2, 0) is 4.74 Å². The summed E-state index contributed by atoms with van der Waals surface area (Å²) in [6.07, 6.45) is 9.57. The van der Waals surface area contributed by atoms with Crippen LogP contribution in [0.4, 0.5) is 0 Å². The third-order valence-electron chi connectivity index (χ3n) is 3.39. The van der Waals surface area contributed by atoms with Crippen molar-refractivity contribution in [3.05, 3.63) is 24.3 Å². The van der Waals surface area contributed by atoms with E-state index in [9.17, 15) is 0 Å². The maximum absolute atomic E-state index is 6.32. The van der Waals surface area contributed by atoms with Gasteiger partial charge in [-0.2, -0.15) is 0 Å². The molecule has 0 radical (unpaired) electrons. The summed E-state index contributed by atoms with van der Waals surface area (Å²) >= 11 is 0. The van der Waals surface area contributed by atoms with Crippen molar-refractivity contribution in [2.24, 2.45) is 5.73 Å². The van der Waals surface area contributed by atoms with E-state index in [1.54, 1.807) is 12.4 Å². The molecule has 0 bridgehead atoms. The fraction of sp³-hybridized carbons (Fsp3) is 0.667. The van der Waals surface area contributed by atoms with Gasteiger partial charge in [-0.05, 0) is 19.8 Å². The molecule has 0 saturated heterocycles. The van der Waals surface area contributed by atoms with Gasteiger partial charge in [-0.25, -0.2) is 9.97 Å². The van der Waals surface area contributed by atoms with Crippen molar-refractivity contribution >= 4 is 0 Å². The highest BCUT2D eigenvalue weighted by Crippen LogP contribution is 2.41. The van der Waals surface area contributed by atoms with Gasteiger partial charge >= 0.3 is 0 Å². The van der Waals surface area contributed by atoms with Crippen LogP contribution in [-0.4, -0.2) is 22.2 Å². The van der Waals surface area contributed by atoms with Gasteiger partial charge in [-0.1, -0.05) is 12.8 Å². The molecule has 1 unspecified atom stereocenters. The minimum absolute atomic E-state index is 0.115. The smallest absolute Gasteiger partial charge is 0.115 e. The van der Waals surface area contributed by atoms with Crippen LogP contribution in [0, 0.1) is 0 Å². The zero-order chi connectivity index (χ0) is 11.4. The molecule has 1 fully saturated rings. The number of nitrogens with zero attached hydrogens (tertiary/aromatic N) is 2. The van der Waals surface area contributed by atoms with Gasteiger partial charge in [0.05, 0.1) is 11.6 Å². The van der Waals surface area contributed by atoms with Crippen molar-refractivity contribution in [1.29, 1.82) is 0 Å². The monoisotopic (exact) mass is 221 g/mol. The predicted molar refractivity (Wildman–Crippen MR) is 61.8 cm³/mol. The molecule has 0 aromatic carbocycles. The first-order chi connectivity index (χ1) is 7.78. The number of hydrogen-bond acceptors (Lipinski definition) is 4. The highest BCUT2D eigenvalue weighted by Gasteiger charge is 2.41. The first-order valence-electron chi connectivity index (χ1n) is 5.93. The van der Waals surface area contributed by atoms with E-state index >= 15 is 0 Å². The highest BCUT2D eigenvalue weighted by atomic mass is 16.5. The lowest BCUT2D eigenvalue weighted by atomic mass is 9.88. The normalized spacial score (nSPS) is 20.9. The van der Waals surface area contributed by atoms with Crippen molar-refractivity contribution in [2.75, 3.05) is 6.61 Å². The second-order valence-electron chi connectivity index (χ2n) is 4.35. The van der Waals surface area contributed by atoms with E-state index in [0.29, 0.717) is 6.61 Å². The van der Waals surface area contributed by atoms with Gasteiger partial charge in [0, 0.05) is 24.6 Å². The molecule has 16 heavy (non-hydrogen) atoms. The molecule has 2 rings (SSSR count). The molecule has 0 amide bonds. The Labute approximate surface area is 96.2 Å². The minimum Gasteiger partial charge on any atom is -0.373 e. The van der Waals surface area contributed by atoms with Gasteiger partial charge in [-0.3, -0.25) is 0 Å². The lowest BCUT2D eigenvalue weighted by Gasteiger charge is -2.34. The van der Waals surface area contributed by atoms with Crippen molar-refractivity contribution in [3.63, 3.8) is 0 Å².